The van der Waals surface area contributed by atoms with Crippen molar-refractivity contribution in [1.82, 2.24) is 10.6 Å². The average Bonchev–Trinajstić information content (AvgIpc) is 2.84. The van der Waals surface area contributed by atoms with E-state index in [9.17, 15) is 9.90 Å². The molecule has 0 radical (unpaired) electrons. The largest absolute Gasteiger partial charge is 0.386 e. The van der Waals surface area contributed by atoms with E-state index in [4.69, 9.17) is 0 Å². The summed E-state index contributed by atoms with van der Waals surface area (Å²) in [6, 6.07) is 10.0. The molecule has 20 heavy (non-hydrogen) atoms. The molecule has 2 heterocycles. The number of carbonyl (C=O) groups excluding carboxylic acids is 1. The molecule has 3 rings (SSSR count). The summed E-state index contributed by atoms with van der Waals surface area (Å²) < 4.78 is 1.16. The SMILES string of the molecule is O=C(CC1CNC1)NCC(O)c1cc2ccccc2s1. The van der Waals surface area contributed by atoms with Crippen molar-refractivity contribution in [3.05, 3.63) is 35.2 Å². The van der Waals surface area contributed by atoms with Crippen molar-refractivity contribution >= 4 is 27.3 Å². The molecule has 1 saturated heterocycles. The Morgan fingerprint density at radius 3 is 2.95 bits per heavy atom. The molecule has 106 valence electrons. The highest BCUT2D eigenvalue weighted by atomic mass is 32.1. The van der Waals surface area contributed by atoms with E-state index in [1.54, 1.807) is 11.3 Å². The summed E-state index contributed by atoms with van der Waals surface area (Å²) in [6.45, 7) is 2.13. The van der Waals surface area contributed by atoms with E-state index in [1.807, 2.05) is 30.3 Å². The second-order valence-electron chi connectivity index (χ2n) is 5.23. The van der Waals surface area contributed by atoms with Gasteiger partial charge in [-0.3, -0.25) is 4.79 Å². The maximum atomic E-state index is 11.7. The first-order chi connectivity index (χ1) is 9.72. The summed E-state index contributed by atoms with van der Waals surface area (Å²) in [5.74, 6) is 0.480. The minimum Gasteiger partial charge on any atom is -0.386 e. The van der Waals surface area contributed by atoms with E-state index < -0.39 is 6.10 Å². The number of carbonyl (C=O) groups is 1. The predicted octanol–water partition coefficient (Wildman–Crippen LogP) is 1.66. The third kappa shape index (κ3) is 3.00. The van der Waals surface area contributed by atoms with Crippen molar-refractivity contribution in [2.45, 2.75) is 12.5 Å². The summed E-state index contributed by atoms with van der Waals surface area (Å²) in [5.41, 5.74) is 0. The van der Waals surface area contributed by atoms with Crippen LogP contribution in [0.25, 0.3) is 10.1 Å². The van der Waals surface area contributed by atoms with E-state index in [0.29, 0.717) is 12.3 Å². The van der Waals surface area contributed by atoms with Gasteiger partial charge in [0.25, 0.3) is 0 Å². The standard InChI is InChI=1S/C15H18N2O2S/c18-12(9-17-15(19)5-10-7-16-8-10)14-6-11-3-1-2-4-13(11)20-14/h1-4,6,10,12,16,18H,5,7-9H2,(H,17,19). The highest BCUT2D eigenvalue weighted by molar-refractivity contribution is 7.19. The molecule has 1 amide bonds. The van der Waals surface area contributed by atoms with Gasteiger partial charge < -0.3 is 15.7 Å². The Morgan fingerprint density at radius 2 is 2.25 bits per heavy atom. The molecule has 0 aliphatic carbocycles. The maximum absolute atomic E-state index is 11.7. The molecular formula is C15H18N2O2S. The minimum absolute atomic E-state index is 0.0247. The smallest absolute Gasteiger partial charge is 0.220 e. The normalized spacial score (nSPS) is 16.9. The van der Waals surface area contributed by atoms with Gasteiger partial charge in [-0.25, -0.2) is 0 Å². The Bertz CT molecular complexity index is 574. The number of thiophene rings is 1. The third-order valence-corrected chi connectivity index (χ3v) is 4.82. The number of benzene rings is 1. The monoisotopic (exact) mass is 290 g/mol. The van der Waals surface area contributed by atoms with Gasteiger partial charge in [0.1, 0.15) is 6.10 Å². The van der Waals surface area contributed by atoms with Gasteiger partial charge in [0.2, 0.25) is 5.91 Å². The van der Waals surface area contributed by atoms with Crippen LogP contribution in [0.1, 0.15) is 17.4 Å². The molecule has 1 atom stereocenters. The van der Waals surface area contributed by atoms with Gasteiger partial charge in [-0.15, -0.1) is 11.3 Å². The number of rotatable bonds is 5. The number of hydrogen-bond donors (Lipinski definition) is 3. The van der Waals surface area contributed by atoms with Crippen molar-refractivity contribution in [3.8, 4) is 0 Å². The van der Waals surface area contributed by atoms with Crippen LogP contribution in [0.15, 0.2) is 30.3 Å². The lowest BCUT2D eigenvalue weighted by atomic mass is 9.99. The van der Waals surface area contributed by atoms with Crippen LogP contribution in [0, 0.1) is 5.92 Å². The fraction of sp³-hybridized carbons (Fsp3) is 0.400. The molecule has 2 aromatic rings. The van der Waals surface area contributed by atoms with Gasteiger partial charge in [-0.05, 0) is 36.5 Å². The van der Waals surface area contributed by atoms with Crippen LogP contribution >= 0.6 is 11.3 Å². The van der Waals surface area contributed by atoms with E-state index in [-0.39, 0.29) is 12.5 Å². The molecule has 1 aliphatic rings. The number of aliphatic hydroxyl groups is 1. The van der Waals surface area contributed by atoms with Crippen LogP contribution in [0.4, 0.5) is 0 Å². The molecule has 1 unspecified atom stereocenters. The molecule has 1 aromatic carbocycles. The van der Waals surface area contributed by atoms with Crippen LogP contribution in [0.3, 0.4) is 0 Å². The molecule has 3 N–H and O–H groups in total. The molecule has 4 nitrogen and oxygen atoms in total. The highest BCUT2D eigenvalue weighted by Crippen LogP contribution is 2.29. The van der Waals surface area contributed by atoms with Crippen LogP contribution in [0.2, 0.25) is 0 Å². The molecule has 0 spiro atoms. The van der Waals surface area contributed by atoms with E-state index in [0.717, 1.165) is 28.1 Å². The third-order valence-electron chi connectivity index (χ3n) is 3.61. The lowest BCUT2D eigenvalue weighted by molar-refractivity contribution is -0.122. The number of hydrogen-bond acceptors (Lipinski definition) is 4. The summed E-state index contributed by atoms with van der Waals surface area (Å²) >= 11 is 1.58. The van der Waals surface area contributed by atoms with Crippen molar-refractivity contribution in [2.75, 3.05) is 19.6 Å². The van der Waals surface area contributed by atoms with Crippen molar-refractivity contribution in [1.29, 1.82) is 0 Å². The quantitative estimate of drug-likeness (QED) is 0.785. The first-order valence-corrected chi connectivity index (χ1v) is 7.68. The topological polar surface area (TPSA) is 61.4 Å². The lowest BCUT2D eigenvalue weighted by Gasteiger charge is -2.26. The summed E-state index contributed by atoms with van der Waals surface area (Å²) in [5, 5.41) is 17.3. The molecule has 1 aromatic heterocycles. The van der Waals surface area contributed by atoms with Crippen LogP contribution in [0.5, 0.6) is 0 Å². The lowest BCUT2D eigenvalue weighted by Crippen LogP contribution is -2.44. The van der Waals surface area contributed by atoms with Crippen molar-refractivity contribution < 1.29 is 9.90 Å². The highest BCUT2D eigenvalue weighted by Gasteiger charge is 2.20. The maximum Gasteiger partial charge on any atom is 0.220 e. The van der Waals surface area contributed by atoms with E-state index in [1.165, 1.54) is 0 Å². The Kier molecular flexibility index (Phi) is 4.00. The fourth-order valence-electron chi connectivity index (χ4n) is 2.30. The number of nitrogens with one attached hydrogen (secondary N) is 2. The van der Waals surface area contributed by atoms with E-state index >= 15 is 0 Å². The van der Waals surface area contributed by atoms with Gasteiger partial charge >= 0.3 is 0 Å². The summed E-state index contributed by atoms with van der Waals surface area (Å²) in [6.07, 6.45) is -0.0811. The Labute approximate surface area is 121 Å². The van der Waals surface area contributed by atoms with Crippen molar-refractivity contribution in [3.63, 3.8) is 0 Å². The Balaban J connectivity index is 1.55. The summed E-state index contributed by atoms with van der Waals surface area (Å²) in [7, 11) is 0. The molecule has 0 saturated carbocycles. The zero-order valence-corrected chi connectivity index (χ0v) is 12.0. The van der Waals surface area contributed by atoms with Gasteiger partial charge in [-0.1, -0.05) is 18.2 Å². The molecule has 0 bridgehead atoms. The second-order valence-corrected chi connectivity index (χ2v) is 6.35. The first-order valence-electron chi connectivity index (χ1n) is 6.86. The predicted molar refractivity (Wildman–Crippen MR) is 80.8 cm³/mol. The average molecular weight is 290 g/mol. The van der Waals surface area contributed by atoms with Crippen LogP contribution in [-0.4, -0.2) is 30.6 Å². The van der Waals surface area contributed by atoms with Crippen LogP contribution in [-0.2, 0) is 4.79 Å². The molecule has 1 aliphatic heterocycles. The molecular weight excluding hydrogens is 272 g/mol. The summed E-state index contributed by atoms with van der Waals surface area (Å²) in [4.78, 5) is 12.6. The second kappa shape index (κ2) is 5.91. The Morgan fingerprint density at radius 1 is 1.45 bits per heavy atom. The number of fused-ring (bicyclic) bond motifs is 1. The molecule has 1 fully saturated rings. The minimum atomic E-state index is -0.629. The molecule has 5 heteroatoms. The zero-order chi connectivity index (χ0) is 13.9. The zero-order valence-electron chi connectivity index (χ0n) is 11.1. The fourth-order valence-corrected chi connectivity index (χ4v) is 3.36. The van der Waals surface area contributed by atoms with E-state index in [2.05, 4.69) is 10.6 Å². The first kappa shape index (κ1) is 13.5. The Hall–Kier alpha value is -1.43. The number of amides is 1. The van der Waals surface area contributed by atoms with Gasteiger partial charge in [0.15, 0.2) is 0 Å². The van der Waals surface area contributed by atoms with Crippen LogP contribution < -0.4 is 10.6 Å². The van der Waals surface area contributed by atoms with Gasteiger partial charge in [0, 0.05) is 22.5 Å². The number of aliphatic hydroxyl groups excluding tert-OH is 1. The van der Waals surface area contributed by atoms with Gasteiger partial charge in [-0.2, -0.15) is 0 Å². The van der Waals surface area contributed by atoms with Crippen molar-refractivity contribution in [2.24, 2.45) is 5.92 Å². The van der Waals surface area contributed by atoms with Gasteiger partial charge in [0.05, 0.1) is 0 Å².